The van der Waals surface area contributed by atoms with Crippen molar-refractivity contribution in [3.8, 4) is 0 Å². The molecule has 2 amide bonds. The Morgan fingerprint density at radius 1 is 1.14 bits per heavy atom. The van der Waals surface area contributed by atoms with Gasteiger partial charge in [0.15, 0.2) is 0 Å². The first-order valence-electron chi connectivity index (χ1n) is 6.09. The highest BCUT2D eigenvalue weighted by Gasteiger charge is 2.22. The number of primary amides is 1. The van der Waals surface area contributed by atoms with Crippen LogP contribution in [0.15, 0.2) is 53.0 Å². The maximum atomic E-state index is 13.7. The van der Waals surface area contributed by atoms with Gasteiger partial charge in [0.1, 0.15) is 11.9 Å². The number of nitrogens with two attached hydrogens (primary N) is 1. The molecule has 1 unspecified atom stereocenters. The van der Waals surface area contributed by atoms with E-state index in [1.807, 2.05) is 0 Å². The lowest BCUT2D eigenvalue weighted by molar-refractivity contribution is -0.120. The molecule has 0 spiro atoms. The third-order valence-corrected chi connectivity index (χ3v) is 3.36. The second-order valence-electron chi connectivity index (χ2n) is 4.34. The molecule has 2 rings (SSSR count). The van der Waals surface area contributed by atoms with Crippen molar-refractivity contribution < 1.29 is 14.0 Å². The molecule has 2 aromatic carbocycles. The van der Waals surface area contributed by atoms with E-state index in [0.717, 1.165) is 0 Å². The standard InChI is InChI=1S/C15H12BrFN2O2/c16-10-6-7-11(12(17)8-10)15(21)19-13(14(18)20)9-4-2-1-3-5-9/h1-8,13H,(H2,18,20)(H,19,21). The number of halogens is 2. The van der Waals surface area contributed by atoms with Crippen molar-refractivity contribution in [2.75, 3.05) is 0 Å². The van der Waals surface area contributed by atoms with Gasteiger partial charge in [-0.2, -0.15) is 0 Å². The SMILES string of the molecule is NC(=O)C(NC(=O)c1ccc(Br)cc1F)c1ccccc1. The number of benzene rings is 2. The molecule has 0 aliphatic carbocycles. The third-order valence-electron chi connectivity index (χ3n) is 2.87. The van der Waals surface area contributed by atoms with Crippen LogP contribution in [0, 0.1) is 5.82 Å². The quantitative estimate of drug-likeness (QED) is 0.889. The summed E-state index contributed by atoms with van der Waals surface area (Å²) in [5.74, 6) is -2.10. The van der Waals surface area contributed by atoms with Crippen LogP contribution in [-0.4, -0.2) is 11.8 Å². The minimum atomic E-state index is -1.01. The minimum Gasteiger partial charge on any atom is -0.368 e. The Labute approximate surface area is 129 Å². The Hall–Kier alpha value is -2.21. The molecule has 108 valence electrons. The average Bonchev–Trinajstić information content (AvgIpc) is 2.45. The fourth-order valence-corrected chi connectivity index (χ4v) is 2.18. The molecule has 0 saturated carbocycles. The Morgan fingerprint density at radius 3 is 2.38 bits per heavy atom. The van der Waals surface area contributed by atoms with Gasteiger partial charge in [-0.25, -0.2) is 4.39 Å². The molecule has 0 heterocycles. The summed E-state index contributed by atoms with van der Waals surface area (Å²) in [6, 6.07) is 11.6. The summed E-state index contributed by atoms with van der Waals surface area (Å²) in [5.41, 5.74) is 5.69. The highest BCUT2D eigenvalue weighted by molar-refractivity contribution is 9.10. The zero-order valence-corrected chi connectivity index (χ0v) is 12.4. The second kappa shape index (κ2) is 6.49. The molecular formula is C15H12BrFN2O2. The van der Waals surface area contributed by atoms with E-state index in [9.17, 15) is 14.0 Å². The highest BCUT2D eigenvalue weighted by Crippen LogP contribution is 2.17. The van der Waals surface area contributed by atoms with Gasteiger partial charge in [-0.15, -0.1) is 0 Å². The van der Waals surface area contributed by atoms with Crippen molar-refractivity contribution in [1.82, 2.24) is 5.32 Å². The molecule has 0 aliphatic rings. The molecular weight excluding hydrogens is 339 g/mol. The lowest BCUT2D eigenvalue weighted by Crippen LogP contribution is -2.37. The largest absolute Gasteiger partial charge is 0.368 e. The maximum absolute atomic E-state index is 13.7. The Balaban J connectivity index is 2.25. The van der Waals surface area contributed by atoms with Gasteiger partial charge in [-0.05, 0) is 23.8 Å². The summed E-state index contributed by atoms with van der Waals surface area (Å²) in [4.78, 5) is 23.6. The van der Waals surface area contributed by atoms with Gasteiger partial charge in [-0.3, -0.25) is 9.59 Å². The van der Waals surface area contributed by atoms with Crippen LogP contribution in [0.2, 0.25) is 0 Å². The Bertz CT molecular complexity index is 677. The molecule has 0 saturated heterocycles. The first kappa shape index (κ1) is 15.2. The lowest BCUT2D eigenvalue weighted by Gasteiger charge is -2.16. The molecule has 6 heteroatoms. The van der Waals surface area contributed by atoms with E-state index >= 15 is 0 Å². The van der Waals surface area contributed by atoms with E-state index in [4.69, 9.17) is 5.73 Å². The minimum absolute atomic E-state index is 0.152. The van der Waals surface area contributed by atoms with Crippen molar-refractivity contribution in [1.29, 1.82) is 0 Å². The monoisotopic (exact) mass is 350 g/mol. The summed E-state index contributed by atoms with van der Waals surface area (Å²) in [7, 11) is 0. The first-order valence-corrected chi connectivity index (χ1v) is 6.88. The molecule has 0 aromatic heterocycles. The predicted molar refractivity (Wildman–Crippen MR) is 79.9 cm³/mol. The van der Waals surface area contributed by atoms with Crippen molar-refractivity contribution in [2.45, 2.75) is 6.04 Å². The summed E-state index contributed by atoms with van der Waals surface area (Å²) in [5, 5.41) is 2.44. The summed E-state index contributed by atoms with van der Waals surface area (Å²) < 4.78 is 14.3. The topological polar surface area (TPSA) is 72.2 Å². The first-order chi connectivity index (χ1) is 9.99. The van der Waals surface area contributed by atoms with Gasteiger partial charge in [0.2, 0.25) is 5.91 Å². The third kappa shape index (κ3) is 3.66. The molecule has 0 bridgehead atoms. The Kier molecular flexibility index (Phi) is 4.70. The number of hydrogen-bond acceptors (Lipinski definition) is 2. The van der Waals surface area contributed by atoms with E-state index < -0.39 is 23.7 Å². The van der Waals surface area contributed by atoms with Crippen LogP contribution in [-0.2, 0) is 4.79 Å². The van der Waals surface area contributed by atoms with Crippen LogP contribution in [0.5, 0.6) is 0 Å². The highest BCUT2D eigenvalue weighted by atomic mass is 79.9. The molecule has 1 atom stereocenters. The van der Waals surface area contributed by atoms with Crippen LogP contribution in [0.4, 0.5) is 4.39 Å². The number of carbonyl (C=O) groups excluding carboxylic acids is 2. The van der Waals surface area contributed by atoms with Crippen molar-refractivity contribution in [2.24, 2.45) is 5.73 Å². The molecule has 0 fully saturated rings. The Morgan fingerprint density at radius 2 is 1.81 bits per heavy atom. The number of rotatable bonds is 4. The molecule has 4 nitrogen and oxygen atoms in total. The van der Waals surface area contributed by atoms with Gasteiger partial charge in [-0.1, -0.05) is 46.3 Å². The number of amides is 2. The van der Waals surface area contributed by atoms with Gasteiger partial charge in [0.05, 0.1) is 5.56 Å². The van der Waals surface area contributed by atoms with Gasteiger partial charge in [0, 0.05) is 4.47 Å². The van der Waals surface area contributed by atoms with Gasteiger partial charge in [0.25, 0.3) is 5.91 Å². The van der Waals surface area contributed by atoms with Gasteiger partial charge >= 0.3 is 0 Å². The van der Waals surface area contributed by atoms with Crippen molar-refractivity contribution >= 4 is 27.7 Å². The summed E-state index contributed by atoms with van der Waals surface area (Å²) >= 11 is 3.11. The zero-order chi connectivity index (χ0) is 15.4. The molecule has 0 aliphatic heterocycles. The van der Waals surface area contributed by atoms with Crippen molar-refractivity contribution in [3.05, 3.63) is 69.9 Å². The summed E-state index contributed by atoms with van der Waals surface area (Å²) in [6.45, 7) is 0. The second-order valence-corrected chi connectivity index (χ2v) is 5.26. The van der Waals surface area contributed by atoms with Crippen molar-refractivity contribution in [3.63, 3.8) is 0 Å². The van der Waals surface area contributed by atoms with Crippen LogP contribution in [0.1, 0.15) is 22.0 Å². The fraction of sp³-hybridized carbons (Fsp3) is 0.0667. The summed E-state index contributed by atoms with van der Waals surface area (Å²) in [6.07, 6.45) is 0. The lowest BCUT2D eigenvalue weighted by atomic mass is 10.1. The van der Waals surface area contributed by atoms with Crippen LogP contribution in [0.3, 0.4) is 0 Å². The number of hydrogen-bond donors (Lipinski definition) is 2. The molecule has 21 heavy (non-hydrogen) atoms. The van der Waals surface area contributed by atoms with Gasteiger partial charge < -0.3 is 11.1 Å². The fourth-order valence-electron chi connectivity index (χ4n) is 1.85. The number of nitrogens with one attached hydrogen (secondary N) is 1. The maximum Gasteiger partial charge on any atom is 0.255 e. The molecule has 2 aromatic rings. The van der Waals surface area contributed by atoms with E-state index in [0.29, 0.717) is 10.0 Å². The molecule has 0 radical (unpaired) electrons. The van der Waals surface area contributed by atoms with Crippen LogP contribution >= 0.6 is 15.9 Å². The van der Waals surface area contributed by atoms with E-state index in [2.05, 4.69) is 21.2 Å². The van der Waals surface area contributed by atoms with Crippen LogP contribution in [0.25, 0.3) is 0 Å². The van der Waals surface area contributed by atoms with E-state index in [1.54, 1.807) is 36.4 Å². The average molecular weight is 351 g/mol. The smallest absolute Gasteiger partial charge is 0.255 e. The molecule has 3 N–H and O–H groups in total. The normalized spacial score (nSPS) is 11.7. The van der Waals surface area contributed by atoms with E-state index in [-0.39, 0.29) is 5.56 Å². The van der Waals surface area contributed by atoms with Crippen LogP contribution < -0.4 is 11.1 Å². The predicted octanol–water partition coefficient (Wildman–Crippen LogP) is 2.54. The zero-order valence-electron chi connectivity index (χ0n) is 10.8. The number of carbonyl (C=O) groups is 2. The van der Waals surface area contributed by atoms with E-state index in [1.165, 1.54) is 12.1 Å².